The molecule has 0 aromatic carbocycles. The van der Waals surface area contributed by atoms with E-state index in [9.17, 15) is 4.21 Å². The van der Waals surface area contributed by atoms with E-state index in [4.69, 9.17) is 4.74 Å². The Kier molecular flexibility index (Phi) is 9.87. The van der Waals surface area contributed by atoms with Gasteiger partial charge in [0.2, 0.25) is 0 Å². The van der Waals surface area contributed by atoms with Gasteiger partial charge in [0.25, 0.3) is 0 Å². The van der Waals surface area contributed by atoms with E-state index in [-0.39, 0.29) is 4.75 Å². The maximum Gasteiger partial charge on any atom is 0.191 e. The van der Waals surface area contributed by atoms with Crippen molar-refractivity contribution < 1.29 is 8.95 Å². The molecule has 0 aromatic heterocycles. The van der Waals surface area contributed by atoms with Crippen LogP contribution in [0.2, 0.25) is 0 Å². The summed E-state index contributed by atoms with van der Waals surface area (Å²) in [5.41, 5.74) is 0. The van der Waals surface area contributed by atoms with E-state index in [2.05, 4.69) is 15.6 Å². The summed E-state index contributed by atoms with van der Waals surface area (Å²) >= 11 is 0. The Morgan fingerprint density at radius 2 is 2.00 bits per heavy atom. The standard InChI is InChI=1S/C13H29N3O2S/c1-6-14-12(15-8-7-10-18-5)16-9-11-19(17)13(2,3)4/h6-11H2,1-5H3,(H2,14,15,16). The summed E-state index contributed by atoms with van der Waals surface area (Å²) in [7, 11) is 0.858. The summed E-state index contributed by atoms with van der Waals surface area (Å²) in [5.74, 6) is 1.41. The van der Waals surface area contributed by atoms with Gasteiger partial charge in [-0.2, -0.15) is 0 Å². The molecule has 114 valence electrons. The van der Waals surface area contributed by atoms with E-state index in [1.54, 1.807) is 7.11 Å². The van der Waals surface area contributed by atoms with Crippen LogP contribution in [0.5, 0.6) is 0 Å². The monoisotopic (exact) mass is 291 g/mol. The fourth-order valence-electron chi connectivity index (χ4n) is 1.31. The Morgan fingerprint density at radius 1 is 1.32 bits per heavy atom. The minimum Gasteiger partial charge on any atom is -0.385 e. The number of aliphatic imine (C=N–C) groups is 1. The molecule has 0 amide bonds. The lowest BCUT2D eigenvalue weighted by molar-refractivity contribution is 0.197. The number of hydrogen-bond donors (Lipinski definition) is 2. The first kappa shape index (κ1) is 18.4. The maximum absolute atomic E-state index is 11.9. The van der Waals surface area contributed by atoms with Gasteiger partial charge in [-0.3, -0.25) is 9.20 Å². The Balaban J connectivity index is 4.04. The number of methoxy groups -OCH3 is 1. The summed E-state index contributed by atoms with van der Waals surface area (Å²) in [6.07, 6.45) is 0.904. The van der Waals surface area contributed by atoms with Crippen molar-refractivity contribution in [3.8, 4) is 0 Å². The first-order chi connectivity index (χ1) is 8.91. The molecule has 0 radical (unpaired) electrons. The zero-order chi connectivity index (χ0) is 14.7. The molecular weight excluding hydrogens is 262 g/mol. The van der Waals surface area contributed by atoms with Crippen molar-refractivity contribution in [2.24, 2.45) is 4.99 Å². The lowest BCUT2D eigenvalue weighted by atomic mass is 10.3. The molecule has 0 bridgehead atoms. The Labute approximate surface area is 120 Å². The van der Waals surface area contributed by atoms with Crippen LogP contribution in [0.25, 0.3) is 0 Å². The average molecular weight is 291 g/mol. The van der Waals surface area contributed by atoms with Crippen LogP contribution >= 0.6 is 0 Å². The van der Waals surface area contributed by atoms with E-state index in [1.807, 2.05) is 27.7 Å². The zero-order valence-corrected chi connectivity index (χ0v) is 13.7. The number of nitrogens with zero attached hydrogens (tertiary/aromatic N) is 1. The molecule has 0 saturated carbocycles. The van der Waals surface area contributed by atoms with Crippen molar-refractivity contribution in [1.29, 1.82) is 0 Å². The van der Waals surface area contributed by atoms with Crippen LogP contribution in [0.15, 0.2) is 4.99 Å². The Morgan fingerprint density at radius 3 is 2.53 bits per heavy atom. The quantitative estimate of drug-likeness (QED) is 0.400. The van der Waals surface area contributed by atoms with Gasteiger partial charge < -0.3 is 15.4 Å². The van der Waals surface area contributed by atoms with Crippen LogP contribution in [-0.2, 0) is 15.5 Å². The summed E-state index contributed by atoms with van der Waals surface area (Å²) < 4.78 is 16.7. The molecule has 2 N–H and O–H groups in total. The van der Waals surface area contributed by atoms with Gasteiger partial charge in [0.1, 0.15) is 0 Å². The molecule has 6 heteroatoms. The predicted octanol–water partition coefficient (Wildman–Crippen LogP) is 1.13. The highest BCUT2D eigenvalue weighted by molar-refractivity contribution is 7.86. The van der Waals surface area contributed by atoms with E-state index in [0.29, 0.717) is 12.3 Å². The summed E-state index contributed by atoms with van der Waals surface area (Å²) in [5, 5.41) is 6.38. The van der Waals surface area contributed by atoms with E-state index in [1.165, 1.54) is 0 Å². The van der Waals surface area contributed by atoms with Crippen molar-refractivity contribution in [2.75, 3.05) is 39.1 Å². The highest BCUT2D eigenvalue weighted by atomic mass is 32.2. The van der Waals surface area contributed by atoms with Gasteiger partial charge in [-0.15, -0.1) is 0 Å². The van der Waals surface area contributed by atoms with Crippen LogP contribution in [0.4, 0.5) is 0 Å². The number of nitrogens with one attached hydrogen (secondary N) is 2. The van der Waals surface area contributed by atoms with Crippen molar-refractivity contribution in [2.45, 2.75) is 38.9 Å². The number of ether oxygens (including phenoxy) is 1. The molecule has 0 rings (SSSR count). The lowest BCUT2D eigenvalue weighted by Gasteiger charge is -2.18. The molecule has 1 atom stereocenters. The van der Waals surface area contributed by atoms with Crippen molar-refractivity contribution in [3.63, 3.8) is 0 Å². The highest BCUT2D eigenvalue weighted by Gasteiger charge is 2.18. The van der Waals surface area contributed by atoms with Gasteiger partial charge >= 0.3 is 0 Å². The second kappa shape index (κ2) is 10.2. The zero-order valence-electron chi connectivity index (χ0n) is 12.9. The van der Waals surface area contributed by atoms with Gasteiger partial charge in [0.15, 0.2) is 5.96 Å². The van der Waals surface area contributed by atoms with Crippen LogP contribution < -0.4 is 10.6 Å². The molecule has 19 heavy (non-hydrogen) atoms. The molecule has 0 fully saturated rings. The molecule has 0 aliphatic rings. The normalized spacial score (nSPS) is 14.3. The third kappa shape index (κ3) is 9.90. The highest BCUT2D eigenvalue weighted by Crippen LogP contribution is 2.10. The Bertz CT molecular complexity index is 288. The molecular formula is C13H29N3O2S. The predicted molar refractivity (Wildman–Crippen MR) is 83.2 cm³/mol. The summed E-state index contributed by atoms with van der Waals surface area (Å²) in [6.45, 7) is 10.9. The largest absolute Gasteiger partial charge is 0.385 e. The second-order valence-corrected chi connectivity index (χ2v) is 7.52. The van der Waals surface area contributed by atoms with Gasteiger partial charge in [0.05, 0.1) is 0 Å². The van der Waals surface area contributed by atoms with Crippen LogP contribution in [0, 0.1) is 0 Å². The lowest BCUT2D eigenvalue weighted by Crippen LogP contribution is -2.40. The molecule has 0 aromatic rings. The third-order valence-electron chi connectivity index (χ3n) is 2.38. The smallest absolute Gasteiger partial charge is 0.191 e. The molecule has 0 aliphatic carbocycles. The first-order valence-corrected chi connectivity index (χ1v) is 8.13. The molecule has 0 spiro atoms. The topological polar surface area (TPSA) is 62.7 Å². The molecule has 0 aliphatic heterocycles. The number of hydrogen-bond acceptors (Lipinski definition) is 3. The van der Waals surface area contributed by atoms with Crippen LogP contribution in [-0.4, -0.2) is 54.0 Å². The van der Waals surface area contributed by atoms with Crippen molar-refractivity contribution in [3.05, 3.63) is 0 Å². The van der Waals surface area contributed by atoms with Crippen molar-refractivity contribution in [1.82, 2.24) is 10.6 Å². The van der Waals surface area contributed by atoms with Gasteiger partial charge in [-0.25, -0.2) is 0 Å². The van der Waals surface area contributed by atoms with Gasteiger partial charge in [-0.1, -0.05) is 0 Å². The minimum atomic E-state index is -0.832. The third-order valence-corrected chi connectivity index (χ3v) is 4.32. The van der Waals surface area contributed by atoms with E-state index < -0.39 is 10.8 Å². The summed E-state index contributed by atoms with van der Waals surface area (Å²) in [4.78, 5) is 4.43. The SMILES string of the molecule is CCNC(=NCCCOC)NCCS(=O)C(C)(C)C. The fourth-order valence-corrected chi connectivity index (χ4v) is 2.21. The fraction of sp³-hybridized carbons (Fsp3) is 0.923. The maximum atomic E-state index is 11.9. The molecule has 0 saturated heterocycles. The Hall–Kier alpha value is -0.620. The van der Waals surface area contributed by atoms with E-state index >= 15 is 0 Å². The van der Waals surface area contributed by atoms with E-state index in [0.717, 1.165) is 32.1 Å². The number of rotatable bonds is 8. The molecule has 1 unspecified atom stereocenters. The second-order valence-electron chi connectivity index (χ2n) is 5.20. The molecule has 5 nitrogen and oxygen atoms in total. The average Bonchev–Trinajstić information content (AvgIpc) is 2.33. The minimum absolute atomic E-state index is 0.157. The van der Waals surface area contributed by atoms with Crippen molar-refractivity contribution >= 4 is 16.8 Å². The molecule has 0 heterocycles. The van der Waals surface area contributed by atoms with Gasteiger partial charge in [-0.05, 0) is 34.1 Å². The van der Waals surface area contributed by atoms with Crippen LogP contribution in [0.1, 0.15) is 34.1 Å². The van der Waals surface area contributed by atoms with Gasteiger partial charge in [0, 0.05) is 54.7 Å². The summed E-state index contributed by atoms with van der Waals surface area (Å²) in [6, 6.07) is 0. The first-order valence-electron chi connectivity index (χ1n) is 6.81. The number of guanidine groups is 1. The van der Waals surface area contributed by atoms with Crippen LogP contribution in [0.3, 0.4) is 0 Å².